The third-order valence-electron chi connectivity index (χ3n) is 8.94. The van der Waals surface area contributed by atoms with E-state index in [-0.39, 0.29) is 36.6 Å². The summed E-state index contributed by atoms with van der Waals surface area (Å²) in [6.07, 6.45) is -16.6. The van der Waals surface area contributed by atoms with Crippen molar-refractivity contribution < 1.29 is 62.6 Å². The Hall–Kier alpha value is -3.34. The van der Waals surface area contributed by atoms with Crippen molar-refractivity contribution in [2.45, 2.75) is 71.6 Å². The summed E-state index contributed by atoms with van der Waals surface area (Å²) in [6.45, 7) is -1.35. The number of aliphatic hydroxyl groups is 1. The van der Waals surface area contributed by atoms with Crippen molar-refractivity contribution >= 4 is 21.7 Å². The quantitative estimate of drug-likeness (QED) is 0.366. The van der Waals surface area contributed by atoms with E-state index in [0.29, 0.717) is 12.1 Å². The fourth-order valence-electron chi connectivity index (χ4n) is 6.87. The monoisotopic (exact) mass is 672 g/mol. The summed E-state index contributed by atoms with van der Waals surface area (Å²) in [6, 6.07) is 1.95. The summed E-state index contributed by atoms with van der Waals surface area (Å²) in [4.78, 5) is 27.5. The number of halogens is 9. The molecule has 2 fully saturated rings. The number of alkyl halides is 8. The van der Waals surface area contributed by atoms with E-state index in [4.69, 9.17) is 0 Å². The van der Waals surface area contributed by atoms with Gasteiger partial charge in [0.05, 0.1) is 17.5 Å². The van der Waals surface area contributed by atoms with Crippen molar-refractivity contribution in [1.29, 1.82) is 0 Å². The van der Waals surface area contributed by atoms with Gasteiger partial charge >= 0.3 is 18.0 Å². The van der Waals surface area contributed by atoms with Crippen molar-refractivity contribution in [3.8, 4) is 0 Å². The SMILES string of the molecule is O=C([C@@H]1C[C@H](F)C(=O)N1CCO)N1CC[C@]2(S(=O)(=O)c3ccc(F)cc3)c3ccc(C(F)(C(F)(F)F)C(F)(F)F)cc3CC[C@H]12. The van der Waals surface area contributed by atoms with E-state index in [1.165, 1.54) is 0 Å². The van der Waals surface area contributed by atoms with Crippen molar-refractivity contribution in [2.75, 3.05) is 19.7 Å². The first-order valence-corrected chi connectivity index (χ1v) is 15.1. The molecule has 45 heavy (non-hydrogen) atoms. The molecule has 0 saturated carbocycles. The van der Waals surface area contributed by atoms with Gasteiger partial charge in [-0.25, -0.2) is 21.6 Å². The smallest absolute Gasteiger partial charge is 0.395 e. The number of hydrogen-bond donors (Lipinski definition) is 1. The molecule has 2 aliphatic heterocycles. The Labute approximate surface area is 250 Å². The van der Waals surface area contributed by atoms with Crippen LogP contribution in [0.15, 0.2) is 47.4 Å². The highest BCUT2D eigenvalue weighted by Crippen LogP contribution is 2.57. The van der Waals surface area contributed by atoms with Crippen molar-refractivity contribution in [3.63, 3.8) is 0 Å². The maximum Gasteiger partial charge on any atom is 0.435 e. The number of carbonyl (C=O) groups is 2. The lowest BCUT2D eigenvalue weighted by Gasteiger charge is -2.43. The van der Waals surface area contributed by atoms with Crippen molar-refractivity contribution in [2.24, 2.45) is 0 Å². The lowest BCUT2D eigenvalue weighted by Crippen LogP contribution is -2.55. The van der Waals surface area contributed by atoms with Gasteiger partial charge in [0.25, 0.3) is 5.91 Å². The predicted octanol–water partition coefficient (Wildman–Crippen LogP) is 4.26. The number of benzene rings is 2. The van der Waals surface area contributed by atoms with Gasteiger partial charge in [0.15, 0.2) is 16.0 Å². The summed E-state index contributed by atoms with van der Waals surface area (Å²) < 4.78 is 151. The first-order valence-electron chi connectivity index (χ1n) is 13.6. The number of sulfone groups is 1. The third kappa shape index (κ3) is 4.79. The number of aryl methyl sites for hydroxylation is 1. The van der Waals surface area contributed by atoms with E-state index < -0.39 is 105 Å². The minimum atomic E-state index is -6.42. The van der Waals surface area contributed by atoms with Crippen LogP contribution in [0, 0.1) is 5.82 Å². The summed E-state index contributed by atoms with van der Waals surface area (Å²) in [5.41, 5.74) is -8.19. The van der Waals surface area contributed by atoms with E-state index in [2.05, 4.69) is 0 Å². The zero-order valence-electron chi connectivity index (χ0n) is 23.0. The van der Waals surface area contributed by atoms with E-state index in [1.54, 1.807) is 0 Å². The van der Waals surface area contributed by atoms with E-state index in [9.17, 15) is 62.6 Å². The molecule has 2 aromatic rings. The highest BCUT2D eigenvalue weighted by molar-refractivity contribution is 7.92. The molecule has 7 nitrogen and oxygen atoms in total. The topological polar surface area (TPSA) is 95.0 Å². The highest BCUT2D eigenvalue weighted by atomic mass is 32.2. The largest absolute Gasteiger partial charge is 0.435 e. The van der Waals surface area contributed by atoms with Gasteiger partial charge in [-0.3, -0.25) is 9.59 Å². The van der Waals surface area contributed by atoms with Crippen molar-refractivity contribution in [1.82, 2.24) is 9.80 Å². The van der Waals surface area contributed by atoms with Gasteiger partial charge in [0, 0.05) is 25.1 Å². The fourth-order valence-corrected chi connectivity index (χ4v) is 9.24. The average molecular weight is 673 g/mol. The Balaban J connectivity index is 1.67. The van der Waals surface area contributed by atoms with Crippen LogP contribution in [0.3, 0.4) is 0 Å². The van der Waals surface area contributed by atoms with Crippen LogP contribution in [0.25, 0.3) is 0 Å². The van der Waals surface area contributed by atoms with Crippen LogP contribution in [0.5, 0.6) is 0 Å². The molecule has 4 atom stereocenters. The zero-order chi connectivity index (χ0) is 33.3. The molecule has 5 rings (SSSR count). The average Bonchev–Trinajstić information content (AvgIpc) is 3.50. The molecule has 246 valence electrons. The molecule has 0 radical (unpaired) electrons. The van der Waals surface area contributed by atoms with Crippen molar-refractivity contribution in [3.05, 3.63) is 65.0 Å². The van der Waals surface area contributed by atoms with Crippen LogP contribution >= 0.6 is 0 Å². The van der Waals surface area contributed by atoms with Crippen LogP contribution in [-0.2, 0) is 36.3 Å². The number of rotatable bonds is 6. The molecule has 2 saturated heterocycles. The Morgan fingerprint density at radius 2 is 1.62 bits per heavy atom. The Morgan fingerprint density at radius 1 is 1.00 bits per heavy atom. The molecule has 0 bridgehead atoms. The maximum absolute atomic E-state index is 15.0. The molecule has 2 amide bonds. The third-order valence-corrected chi connectivity index (χ3v) is 11.5. The second-order valence-corrected chi connectivity index (χ2v) is 13.4. The Kier molecular flexibility index (Phi) is 7.99. The Morgan fingerprint density at radius 3 is 2.20 bits per heavy atom. The van der Waals surface area contributed by atoms with Gasteiger partial charge in [-0.2, -0.15) is 26.3 Å². The standard InChI is InChI=1S/C28H25F9N2O5S/c29-17-3-5-18(6-4-17)45(43,44)25-9-10-39(24(42)21-14-20(30)23(41)38(21)11-12-40)22(25)8-1-15-13-16(2-7-19(15)25)26(31,27(32,33)34)28(35,36)37/h2-7,13,20-22,40H,1,8-12,14H2/t20-,21-,22-,25-/m0/s1. The van der Waals surface area contributed by atoms with Gasteiger partial charge in [-0.05, 0) is 54.7 Å². The molecule has 0 spiro atoms. The van der Waals surface area contributed by atoms with Gasteiger partial charge in [-0.15, -0.1) is 0 Å². The normalized spacial score (nSPS) is 25.8. The highest BCUT2D eigenvalue weighted by Gasteiger charge is 2.74. The van der Waals surface area contributed by atoms with Crippen LogP contribution in [0.2, 0.25) is 0 Å². The molecule has 3 aliphatic rings. The second-order valence-electron chi connectivity index (χ2n) is 11.2. The first kappa shape index (κ1) is 33.0. The number of carbonyl (C=O) groups excluding carboxylic acids is 2. The van der Waals surface area contributed by atoms with Gasteiger partial charge < -0.3 is 14.9 Å². The molecule has 2 aromatic carbocycles. The number of fused-ring (bicyclic) bond motifs is 3. The number of aliphatic hydroxyl groups excluding tert-OH is 1. The molecule has 0 unspecified atom stereocenters. The summed E-state index contributed by atoms with van der Waals surface area (Å²) in [7, 11) is -4.72. The molecule has 17 heteroatoms. The molecular weight excluding hydrogens is 647 g/mol. The first-order chi connectivity index (χ1) is 20.8. The minimum absolute atomic E-state index is 0.209. The number of amides is 2. The number of likely N-dealkylation sites (tertiary alicyclic amines) is 2. The van der Waals surface area contributed by atoms with Crippen LogP contribution in [0.1, 0.15) is 36.0 Å². The van der Waals surface area contributed by atoms with Gasteiger partial charge in [0.1, 0.15) is 16.6 Å². The minimum Gasteiger partial charge on any atom is -0.395 e. The molecular formula is C28H25F9N2O5S. The van der Waals surface area contributed by atoms with Gasteiger partial charge in [0.2, 0.25) is 5.91 Å². The van der Waals surface area contributed by atoms with E-state index in [1.807, 2.05) is 0 Å². The predicted molar refractivity (Wildman–Crippen MR) is 137 cm³/mol. The summed E-state index contributed by atoms with van der Waals surface area (Å²) in [5, 5.41) is 9.35. The second kappa shape index (κ2) is 10.9. The number of β-amino-alcohol motifs (C(OH)–C–C–N with tert-alkyl or cyclic N) is 1. The summed E-state index contributed by atoms with van der Waals surface area (Å²) in [5.74, 6) is -2.73. The fraction of sp³-hybridized carbons (Fsp3) is 0.500. The lowest BCUT2D eigenvalue weighted by molar-refractivity contribution is -0.348. The lowest BCUT2D eigenvalue weighted by atomic mass is 9.76. The van der Waals surface area contributed by atoms with E-state index >= 15 is 0 Å². The molecule has 1 N–H and O–H groups in total. The molecule has 2 heterocycles. The zero-order valence-corrected chi connectivity index (χ0v) is 23.8. The van der Waals surface area contributed by atoms with E-state index in [0.717, 1.165) is 34.1 Å². The van der Waals surface area contributed by atoms with Crippen LogP contribution in [0.4, 0.5) is 39.5 Å². The number of nitrogens with zero attached hydrogens (tertiary/aromatic N) is 2. The van der Waals surface area contributed by atoms with Crippen LogP contribution < -0.4 is 0 Å². The van der Waals surface area contributed by atoms with Crippen LogP contribution in [-0.4, -0.2) is 85.4 Å². The molecule has 1 aliphatic carbocycles. The van der Waals surface area contributed by atoms with Gasteiger partial charge in [-0.1, -0.05) is 18.2 Å². The summed E-state index contributed by atoms with van der Waals surface area (Å²) >= 11 is 0. The molecule has 0 aromatic heterocycles. The number of hydrogen-bond acceptors (Lipinski definition) is 5. The Bertz CT molecular complexity index is 1600. The maximum atomic E-state index is 15.0.